The van der Waals surface area contributed by atoms with Crippen LogP contribution in [0.5, 0.6) is 5.75 Å². The van der Waals surface area contributed by atoms with Crippen molar-refractivity contribution in [1.29, 1.82) is 0 Å². The molecule has 0 atom stereocenters. The van der Waals surface area contributed by atoms with Gasteiger partial charge in [-0.15, -0.1) is 0 Å². The fraction of sp³-hybridized carbons (Fsp3) is 0.650. The number of hydrogen-bond donors (Lipinski definition) is 1. The largest absolute Gasteiger partial charge is 0.545 e. The molecule has 0 unspecified atom stereocenters. The molecule has 5 heteroatoms. The minimum absolute atomic E-state index is 0.0194. The first-order chi connectivity index (χ1) is 11.4. The zero-order chi connectivity index (χ0) is 19.4. The van der Waals surface area contributed by atoms with Crippen LogP contribution >= 0.6 is 0 Å². The number of carbonyl (C=O) groups excluding carboxylic acids is 1. The summed E-state index contributed by atoms with van der Waals surface area (Å²) < 4.78 is 6.28. The average Bonchev–Trinajstić information content (AvgIpc) is 2.44. The van der Waals surface area contributed by atoms with Crippen LogP contribution in [-0.4, -0.2) is 32.2 Å². The molecular formula is C20H35NO3Si. The Kier molecular flexibility index (Phi) is 7.26. The average molecular weight is 366 g/mol. The number of aliphatic hydroxyl groups is 1. The van der Waals surface area contributed by atoms with Crippen LogP contribution in [0.25, 0.3) is 0 Å². The molecule has 25 heavy (non-hydrogen) atoms. The highest BCUT2D eigenvalue weighted by molar-refractivity contribution is 6.49. The topological polar surface area (TPSA) is 49.8 Å². The summed E-state index contributed by atoms with van der Waals surface area (Å²) in [5.74, 6) is 0.862. The second-order valence-electron chi connectivity index (χ2n) is 8.52. The third-order valence-corrected chi connectivity index (χ3v) is 4.72. The molecule has 1 amide bonds. The van der Waals surface area contributed by atoms with Crippen LogP contribution in [-0.2, 0) is 10.2 Å². The van der Waals surface area contributed by atoms with Crippen molar-refractivity contribution in [3.8, 4) is 5.75 Å². The highest BCUT2D eigenvalue weighted by Gasteiger charge is 2.26. The van der Waals surface area contributed by atoms with Crippen molar-refractivity contribution in [1.82, 2.24) is 0 Å². The standard InChI is InChI=1S/C20H35NO3Si/c1-9-21(17(22)13-14-20(5,6)23)16-12-10-11-15(19(2,3)4)18(16)24-25(7)8/h10-12,23,25H,9,13-14H2,1-8H3. The lowest BCUT2D eigenvalue weighted by Crippen LogP contribution is -2.33. The van der Waals surface area contributed by atoms with Gasteiger partial charge in [-0.05, 0) is 51.8 Å². The van der Waals surface area contributed by atoms with E-state index < -0.39 is 14.6 Å². The Balaban J connectivity index is 3.29. The summed E-state index contributed by atoms with van der Waals surface area (Å²) in [4.78, 5) is 14.6. The second-order valence-corrected chi connectivity index (χ2v) is 10.9. The lowest BCUT2D eigenvalue weighted by atomic mass is 9.86. The monoisotopic (exact) mass is 365 g/mol. The number of benzene rings is 1. The van der Waals surface area contributed by atoms with Crippen molar-refractivity contribution in [2.24, 2.45) is 0 Å². The number of anilines is 1. The Bertz CT molecular complexity index is 586. The number of hydrogen-bond acceptors (Lipinski definition) is 3. The summed E-state index contributed by atoms with van der Waals surface area (Å²) in [5, 5.41) is 9.93. The van der Waals surface area contributed by atoms with Crippen molar-refractivity contribution in [3.05, 3.63) is 23.8 Å². The van der Waals surface area contributed by atoms with E-state index in [1.165, 1.54) is 0 Å². The van der Waals surface area contributed by atoms with Crippen molar-refractivity contribution < 1.29 is 14.3 Å². The summed E-state index contributed by atoms with van der Waals surface area (Å²) in [5.41, 5.74) is 1.06. The molecule has 142 valence electrons. The van der Waals surface area contributed by atoms with E-state index in [0.29, 0.717) is 19.4 Å². The SMILES string of the molecule is CCN(C(=O)CCC(C)(C)O)c1cccc(C(C)(C)C)c1O[SiH](C)C. The molecule has 0 radical (unpaired) electrons. The summed E-state index contributed by atoms with van der Waals surface area (Å²) >= 11 is 0. The Hall–Kier alpha value is -1.33. The molecule has 1 aromatic rings. The quantitative estimate of drug-likeness (QED) is 0.735. The van der Waals surface area contributed by atoms with Gasteiger partial charge in [-0.1, -0.05) is 32.9 Å². The van der Waals surface area contributed by atoms with Crippen LogP contribution in [0.1, 0.15) is 59.9 Å². The summed E-state index contributed by atoms with van der Waals surface area (Å²) in [6, 6.07) is 6.05. The maximum atomic E-state index is 12.8. The molecule has 0 heterocycles. The first-order valence-corrected chi connectivity index (χ1v) is 12.0. The molecule has 0 spiro atoms. The highest BCUT2D eigenvalue weighted by atomic mass is 28.3. The molecule has 0 saturated heterocycles. The van der Waals surface area contributed by atoms with Gasteiger partial charge < -0.3 is 14.4 Å². The van der Waals surface area contributed by atoms with E-state index in [9.17, 15) is 9.90 Å². The number of carbonyl (C=O) groups is 1. The predicted molar refractivity (Wildman–Crippen MR) is 108 cm³/mol. The van der Waals surface area contributed by atoms with Crippen LogP contribution < -0.4 is 9.33 Å². The van der Waals surface area contributed by atoms with Crippen LogP contribution in [0.4, 0.5) is 5.69 Å². The van der Waals surface area contributed by atoms with Gasteiger partial charge >= 0.3 is 0 Å². The van der Waals surface area contributed by atoms with E-state index >= 15 is 0 Å². The molecule has 1 rings (SSSR count). The number of para-hydroxylation sites is 1. The predicted octanol–water partition coefficient (Wildman–Crippen LogP) is 4.25. The third kappa shape index (κ3) is 6.48. The van der Waals surface area contributed by atoms with Crippen molar-refractivity contribution in [3.63, 3.8) is 0 Å². The molecule has 4 nitrogen and oxygen atoms in total. The van der Waals surface area contributed by atoms with Crippen molar-refractivity contribution in [2.75, 3.05) is 11.4 Å². The van der Waals surface area contributed by atoms with Crippen LogP contribution in [0.2, 0.25) is 13.1 Å². The number of nitrogens with zero attached hydrogens (tertiary/aromatic N) is 1. The van der Waals surface area contributed by atoms with Gasteiger partial charge in [0.2, 0.25) is 14.9 Å². The fourth-order valence-corrected chi connectivity index (χ4v) is 3.44. The Morgan fingerprint density at radius 1 is 1.20 bits per heavy atom. The van der Waals surface area contributed by atoms with E-state index in [2.05, 4.69) is 39.9 Å². The second kappa shape index (κ2) is 8.36. The third-order valence-electron chi connectivity index (χ3n) is 4.01. The van der Waals surface area contributed by atoms with Crippen molar-refractivity contribution >= 4 is 20.6 Å². The van der Waals surface area contributed by atoms with Gasteiger partial charge in [0.05, 0.1) is 11.3 Å². The fourth-order valence-electron chi connectivity index (χ4n) is 2.72. The van der Waals surface area contributed by atoms with Gasteiger partial charge in [0.15, 0.2) is 0 Å². The normalized spacial score (nSPS) is 12.4. The van der Waals surface area contributed by atoms with E-state index in [1.807, 2.05) is 19.1 Å². The van der Waals surface area contributed by atoms with E-state index in [1.54, 1.807) is 18.7 Å². The van der Waals surface area contributed by atoms with Crippen molar-refractivity contribution in [2.45, 2.75) is 78.5 Å². The zero-order valence-electron chi connectivity index (χ0n) is 17.1. The molecule has 0 aliphatic carbocycles. The van der Waals surface area contributed by atoms with Gasteiger partial charge in [0, 0.05) is 18.5 Å². The minimum atomic E-state index is -1.33. The number of rotatable bonds is 7. The van der Waals surface area contributed by atoms with Crippen LogP contribution in [0, 0.1) is 0 Å². The van der Waals surface area contributed by atoms with Gasteiger partial charge in [0.25, 0.3) is 0 Å². The first-order valence-electron chi connectivity index (χ1n) is 9.19. The molecule has 0 fully saturated rings. The molecule has 0 aliphatic rings. The Labute approximate surface area is 154 Å². The minimum Gasteiger partial charge on any atom is -0.545 e. The van der Waals surface area contributed by atoms with Crippen LogP contribution in [0.15, 0.2) is 18.2 Å². The summed E-state index contributed by atoms with van der Waals surface area (Å²) in [7, 11) is -1.33. The van der Waals surface area contributed by atoms with E-state index in [-0.39, 0.29) is 11.3 Å². The molecular weight excluding hydrogens is 330 g/mol. The Morgan fingerprint density at radius 3 is 2.24 bits per heavy atom. The van der Waals surface area contributed by atoms with E-state index in [4.69, 9.17) is 4.43 Å². The molecule has 1 aromatic carbocycles. The zero-order valence-corrected chi connectivity index (χ0v) is 18.3. The van der Waals surface area contributed by atoms with Gasteiger partial charge in [-0.3, -0.25) is 4.79 Å². The summed E-state index contributed by atoms with van der Waals surface area (Å²) in [6.45, 7) is 16.8. The Morgan fingerprint density at radius 2 is 1.80 bits per heavy atom. The maximum absolute atomic E-state index is 12.8. The van der Waals surface area contributed by atoms with Gasteiger partial charge in [-0.25, -0.2) is 0 Å². The summed E-state index contributed by atoms with van der Waals surface area (Å²) in [6.07, 6.45) is 0.756. The number of amides is 1. The van der Waals surface area contributed by atoms with Crippen LogP contribution in [0.3, 0.4) is 0 Å². The smallest absolute Gasteiger partial charge is 0.229 e. The molecule has 0 saturated carbocycles. The highest BCUT2D eigenvalue weighted by Crippen LogP contribution is 2.39. The first kappa shape index (κ1) is 21.7. The molecule has 0 aliphatic heterocycles. The molecule has 0 bridgehead atoms. The molecule has 0 aromatic heterocycles. The van der Waals surface area contributed by atoms with E-state index in [0.717, 1.165) is 17.0 Å². The van der Waals surface area contributed by atoms with Gasteiger partial charge in [0.1, 0.15) is 5.75 Å². The maximum Gasteiger partial charge on any atom is 0.229 e. The lowest BCUT2D eigenvalue weighted by molar-refractivity contribution is -0.119. The lowest BCUT2D eigenvalue weighted by Gasteiger charge is -2.31. The molecule has 1 N–H and O–H groups in total. The van der Waals surface area contributed by atoms with Gasteiger partial charge in [-0.2, -0.15) is 0 Å².